The minimum atomic E-state index is -0.0856. The molecule has 4 rings (SSSR count). The molecule has 0 aliphatic heterocycles. The Morgan fingerprint density at radius 3 is 2.50 bits per heavy atom. The second kappa shape index (κ2) is 4.05. The van der Waals surface area contributed by atoms with Crippen LogP contribution in [-0.4, -0.2) is 9.97 Å². The summed E-state index contributed by atoms with van der Waals surface area (Å²) in [7, 11) is 0. The average molecular weight is 281 g/mol. The largest absolute Gasteiger partial charge is 0.339 e. The van der Waals surface area contributed by atoms with Crippen LogP contribution in [0.4, 0.5) is 0 Å². The highest BCUT2D eigenvalue weighted by atomic mass is 35.5. The molecular formula is C16H9ClN2O. The first-order chi connectivity index (χ1) is 9.75. The molecule has 0 radical (unpaired) electrons. The van der Waals surface area contributed by atoms with Crippen LogP contribution in [0.15, 0.2) is 53.3 Å². The van der Waals surface area contributed by atoms with Gasteiger partial charge in [0.2, 0.25) is 0 Å². The van der Waals surface area contributed by atoms with Crippen LogP contribution in [0, 0.1) is 0 Å². The molecule has 0 saturated heterocycles. The van der Waals surface area contributed by atoms with Crippen LogP contribution in [0.25, 0.3) is 32.8 Å². The summed E-state index contributed by atoms with van der Waals surface area (Å²) in [6.07, 6.45) is 0. The topological polar surface area (TPSA) is 45.8 Å². The molecule has 2 aromatic carbocycles. The second-order valence-electron chi connectivity index (χ2n) is 4.67. The highest BCUT2D eigenvalue weighted by Gasteiger charge is 2.12. The van der Waals surface area contributed by atoms with Crippen molar-refractivity contribution < 1.29 is 0 Å². The number of hydrogen-bond donors (Lipinski definition) is 1. The van der Waals surface area contributed by atoms with Crippen molar-refractivity contribution in [3.8, 4) is 0 Å². The SMILES string of the molecule is O=c1c2ccccc2[nH]c2nc3ccccc3c(Cl)c12. The number of nitrogens with zero attached hydrogens (tertiary/aromatic N) is 1. The van der Waals surface area contributed by atoms with Crippen LogP contribution >= 0.6 is 11.6 Å². The zero-order chi connectivity index (χ0) is 13.7. The number of nitrogens with one attached hydrogen (secondary N) is 1. The Kier molecular flexibility index (Phi) is 2.32. The molecule has 4 aromatic rings. The number of hydrogen-bond acceptors (Lipinski definition) is 2. The zero-order valence-corrected chi connectivity index (χ0v) is 11.1. The molecule has 0 fully saturated rings. The van der Waals surface area contributed by atoms with E-state index >= 15 is 0 Å². The van der Waals surface area contributed by atoms with Crippen LogP contribution in [0.5, 0.6) is 0 Å². The first-order valence-corrected chi connectivity index (χ1v) is 6.62. The fourth-order valence-electron chi connectivity index (χ4n) is 2.52. The number of pyridine rings is 2. The minimum Gasteiger partial charge on any atom is -0.339 e. The number of fused-ring (bicyclic) bond motifs is 3. The third kappa shape index (κ3) is 1.47. The van der Waals surface area contributed by atoms with Gasteiger partial charge in [0.05, 0.1) is 21.4 Å². The molecule has 20 heavy (non-hydrogen) atoms. The molecule has 0 aliphatic carbocycles. The molecule has 4 heteroatoms. The van der Waals surface area contributed by atoms with Gasteiger partial charge in [0.15, 0.2) is 5.43 Å². The third-order valence-electron chi connectivity index (χ3n) is 3.48. The maximum Gasteiger partial charge on any atom is 0.200 e. The standard InChI is InChI=1S/C16H9ClN2O/c17-14-9-5-1-3-7-11(9)18-16-13(14)15(20)10-6-2-4-8-12(10)19-16/h1-8H,(H,18,19,20). The van der Waals surface area contributed by atoms with Gasteiger partial charge >= 0.3 is 0 Å². The third-order valence-corrected chi connectivity index (χ3v) is 3.87. The Bertz CT molecular complexity index is 1030. The van der Waals surface area contributed by atoms with Crippen molar-refractivity contribution in [3.63, 3.8) is 0 Å². The highest BCUT2D eigenvalue weighted by Crippen LogP contribution is 2.28. The molecule has 0 spiro atoms. The van der Waals surface area contributed by atoms with E-state index in [4.69, 9.17) is 11.6 Å². The van der Waals surface area contributed by atoms with Crippen molar-refractivity contribution in [1.82, 2.24) is 9.97 Å². The highest BCUT2D eigenvalue weighted by molar-refractivity contribution is 6.40. The summed E-state index contributed by atoms with van der Waals surface area (Å²) in [5.74, 6) is 0. The number of aromatic amines is 1. The van der Waals surface area contributed by atoms with Crippen LogP contribution < -0.4 is 5.43 Å². The van der Waals surface area contributed by atoms with E-state index in [1.54, 1.807) is 6.07 Å². The Morgan fingerprint density at radius 1 is 0.950 bits per heavy atom. The number of aromatic nitrogens is 2. The number of benzene rings is 2. The molecule has 1 N–H and O–H groups in total. The van der Waals surface area contributed by atoms with Crippen molar-refractivity contribution in [2.24, 2.45) is 0 Å². The van der Waals surface area contributed by atoms with Crippen molar-refractivity contribution in [2.75, 3.05) is 0 Å². The minimum absolute atomic E-state index is 0.0856. The Hall–Kier alpha value is -2.39. The van der Waals surface area contributed by atoms with Crippen LogP contribution in [0.2, 0.25) is 5.02 Å². The van der Waals surface area contributed by atoms with Gasteiger partial charge in [0, 0.05) is 10.8 Å². The maximum absolute atomic E-state index is 12.6. The summed E-state index contributed by atoms with van der Waals surface area (Å²) in [5, 5.41) is 2.32. The first-order valence-electron chi connectivity index (χ1n) is 6.25. The molecule has 0 aliphatic rings. The predicted molar refractivity (Wildman–Crippen MR) is 82.4 cm³/mol. The summed E-state index contributed by atoms with van der Waals surface area (Å²) >= 11 is 6.42. The van der Waals surface area contributed by atoms with Gasteiger partial charge in [-0.3, -0.25) is 4.79 Å². The van der Waals surface area contributed by atoms with Crippen LogP contribution in [0.3, 0.4) is 0 Å². The second-order valence-corrected chi connectivity index (χ2v) is 5.04. The Balaban J connectivity index is 2.35. The lowest BCUT2D eigenvalue weighted by Crippen LogP contribution is -2.06. The molecule has 2 heterocycles. The lowest BCUT2D eigenvalue weighted by molar-refractivity contribution is 1.37. The molecule has 0 amide bonds. The summed E-state index contributed by atoms with van der Waals surface area (Å²) < 4.78 is 0. The average Bonchev–Trinajstić information content (AvgIpc) is 2.47. The summed E-state index contributed by atoms with van der Waals surface area (Å²) in [5.41, 5.74) is 1.98. The van der Waals surface area contributed by atoms with Crippen LogP contribution in [-0.2, 0) is 0 Å². The lowest BCUT2D eigenvalue weighted by Gasteiger charge is -2.06. The van der Waals surface area contributed by atoms with E-state index in [1.165, 1.54) is 0 Å². The van der Waals surface area contributed by atoms with E-state index in [1.807, 2.05) is 42.5 Å². The van der Waals surface area contributed by atoms with Crippen molar-refractivity contribution in [1.29, 1.82) is 0 Å². The summed E-state index contributed by atoms with van der Waals surface area (Å²) in [6.45, 7) is 0. The Morgan fingerprint density at radius 2 is 1.65 bits per heavy atom. The fraction of sp³-hybridized carbons (Fsp3) is 0. The quantitative estimate of drug-likeness (QED) is 0.497. The number of para-hydroxylation sites is 2. The van der Waals surface area contributed by atoms with E-state index < -0.39 is 0 Å². The van der Waals surface area contributed by atoms with E-state index in [0.29, 0.717) is 21.4 Å². The lowest BCUT2D eigenvalue weighted by atomic mass is 10.1. The molecule has 0 unspecified atom stereocenters. The molecule has 0 saturated carbocycles. The predicted octanol–water partition coefficient (Wildman–Crippen LogP) is 3.88. The molecule has 96 valence electrons. The molecule has 2 aromatic heterocycles. The van der Waals surface area contributed by atoms with Crippen molar-refractivity contribution in [2.45, 2.75) is 0 Å². The monoisotopic (exact) mass is 280 g/mol. The van der Waals surface area contributed by atoms with E-state index in [-0.39, 0.29) is 5.43 Å². The smallest absolute Gasteiger partial charge is 0.200 e. The number of rotatable bonds is 0. The van der Waals surface area contributed by atoms with Gasteiger partial charge in [-0.15, -0.1) is 0 Å². The normalized spacial score (nSPS) is 11.4. The number of halogens is 1. The van der Waals surface area contributed by atoms with Crippen molar-refractivity contribution >= 4 is 44.4 Å². The zero-order valence-electron chi connectivity index (χ0n) is 10.4. The maximum atomic E-state index is 12.6. The van der Waals surface area contributed by atoms with Crippen molar-refractivity contribution in [3.05, 3.63) is 63.8 Å². The van der Waals surface area contributed by atoms with E-state index in [2.05, 4.69) is 9.97 Å². The molecular weight excluding hydrogens is 272 g/mol. The fourth-order valence-corrected chi connectivity index (χ4v) is 2.86. The molecule has 3 nitrogen and oxygen atoms in total. The number of H-pyrrole nitrogens is 1. The Labute approximate surface area is 118 Å². The van der Waals surface area contributed by atoms with Gasteiger partial charge < -0.3 is 4.98 Å². The molecule has 0 atom stereocenters. The van der Waals surface area contributed by atoms with Gasteiger partial charge in [0.1, 0.15) is 5.65 Å². The van der Waals surface area contributed by atoms with Gasteiger partial charge in [0.25, 0.3) is 0 Å². The van der Waals surface area contributed by atoms with Gasteiger partial charge in [-0.2, -0.15) is 0 Å². The van der Waals surface area contributed by atoms with E-state index in [9.17, 15) is 4.79 Å². The first kappa shape index (κ1) is 11.4. The summed E-state index contributed by atoms with van der Waals surface area (Å²) in [6, 6.07) is 14.9. The van der Waals surface area contributed by atoms with E-state index in [0.717, 1.165) is 16.4 Å². The van der Waals surface area contributed by atoms with Crippen LogP contribution in [0.1, 0.15) is 0 Å². The summed E-state index contributed by atoms with van der Waals surface area (Å²) in [4.78, 5) is 20.3. The molecule has 0 bridgehead atoms. The van der Waals surface area contributed by atoms with Gasteiger partial charge in [-0.25, -0.2) is 4.98 Å². The van der Waals surface area contributed by atoms with Gasteiger partial charge in [-0.05, 0) is 18.2 Å². The van der Waals surface area contributed by atoms with Gasteiger partial charge in [-0.1, -0.05) is 41.9 Å².